The van der Waals surface area contributed by atoms with Crippen LogP contribution in [0.1, 0.15) is 17.5 Å². The molecule has 0 unspecified atom stereocenters. The Balaban J connectivity index is 0. The Kier molecular flexibility index (Phi) is 12.9. The fraction of sp³-hybridized carbons (Fsp3) is 0.143. The number of methoxy groups -OCH3 is 2. The molecule has 2 aromatic rings. The Morgan fingerprint density at radius 2 is 1.17 bits per heavy atom. The van der Waals surface area contributed by atoms with Gasteiger partial charge in [0.05, 0.1) is 29.1 Å². The van der Waals surface area contributed by atoms with Gasteiger partial charge in [-0.25, -0.2) is 0 Å². The first-order valence-electron chi connectivity index (χ1n) is 8.08. The van der Waals surface area contributed by atoms with Crippen molar-refractivity contribution >= 4 is 32.1 Å². The molecule has 0 aliphatic heterocycles. The largest absolute Gasteiger partial charge is 0.504 e. The highest BCUT2D eigenvalue weighted by atomic mass is 19.0. The molecule has 0 fully saturated rings. The fourth-order valence-corrected chi connectivity index (χ4v) is 2.26. The number of hydrogen-bond donors (Lipinski definition) is 2. The average Bonchev–Trinajstić information content (AvgIpc) is 2.66. The van der Waals surface area contributed by atoms with Crippen LogP contribution in [0, 0.1) is 0 Å². The van der Waals surface area contributed by atoms with Crippen LogP contribution in [0.4, 0.5) is 9.41 Å². The predicted octanol–water partition coefficient (Wildman–Crippen LogP) is 2.49. The van der Waals surface area contributed by atoms with E-state index in [-0.39, 0.29) is 47.3 Å². The summed E-state index contributed by atoms with van der Waals surface area (Å²) in [5.74, 6) is -0.0832. The molecule has 0 aliphatic carbocycles. The van der Waals surface area contributed by atoms with Crippen LogP contribution >= 0.6 is 0 Å². The number of phenolic OH excluding ortho intramolecular Hbond substituents is 2. The summed E-state index contributed by atoms with van der Waals surface area (Å²) in [6.45, 7) is 0. The van der Waals surface area contributed by atoms with Gasteiger partial charge < -0.3 is 19.7 Å². The van der Waals surface area contributed by atoms with E-state index in [1.807, 2.05) is 0 Å². The minimum Gasteiger partial charge on any atom is -0.504 e. The van der Waals surface area contributed by atoms with Gasteiger partial charge in [-0.1, -0.05) is 24.3 Å². The van der Waals surface area contributed by atoms with Crippen LogP contribution in [-0.2, 0) is 9.59 Å². The summed E-state index contributed by atoms with van der Waals surface area (Å²) < 4.78 is 10.00. The molecule has 0 atom stereocenters. The lowest BCUT2D eigenvalue weighted by molar-refractivity contribution is -0.121. The number of rotatable bonds is 8. The van der Waals surface area contributed by atoms with Crippen molar-refractivity contribution in [1.82, 2.24) is 0 Å². The number of hydrogen-bond acceptors (Lipinski definition) is 6. The molecule has 0 bridgehead atoms. The minimum atomic E-state index is -0.347. The Morgan fingerprint density at radius 3 is 1.50 bits per heavy atom. The van der Waals surface area contributed by atoms with E-state index in [0.717, 1.165) is 0 Å². The van der Waals surface area contributed by atoms with E-state index < -0.39 is 0 Å². The second-order valence-corrected chi connectivity index (χ2v) is 5.64. The second-order valence-electron chi connectivity index (χ2n) is 5.64. The monoisotopic (exact) mass is 422 g/mol. The van der Waals surface area contributed by atoms with Gasteiger partial charge in [0, 0.05) is 0 Å². The van der Waals surface area contributed by atoms with Gasteiger partial charge in [0.1, 0.15) is 0 Å². The van der Waals surface area contributed by atoms with Gasteiger partial charge in [-0.3, -0.25) is 19.0 Å². The predicted molar refractivity (Wildman–Crippen MR) is 117 cm³/mol. The normalized spacial score (nSPS) is 9.93. The van der Waals surface area contributed by atoms with Crippen molar-refractivity contribution in [1.29, 1.82) is 0 Å². The highest BCUT2D eigenvalue weighted by Gasteiger charge is 2.06. The third kappa shape index (κ3) is 8.18. The molecule has 162 valence electrons. The molecule has 0 spiro atoms. The second kappa shape index (κ2) is 13.5. The fourth-order valence-electron chi connectivity index (χ4n) is 2.26. The van der Waals surface area contributed by atoms with Crippen molar-refractivity contribution in [3.63, 3.8) is 0 Å². The first-order valence-corrected chi connectivity index (χ1v) is 8.08. The third-order valence-electron chi connectivity index (χ3n) is 3.68. The van der Waals surface area contributed by atoms with Crippen LogP contribution in [0.15, 0.2) is 48.6 Å². The SMILES string of the molecule is B.COc1cc(/C=C/C(=O)CC(=O)/C=C/c2ccc(O)c(OC)c2)ccc1O.F.F. The van der Waals surface area contributed by atoms with Crippen molar-refractivity contribution in [2.45, 2.75) is 6.42 Å². The molecular weight excluding hydrogens is 397 g/mol. The summed E-state index contributed by atoms with van der Waals surface area (Å²) in [4.78, 5) is 23.9. The van der Waals surface area contributed by atoms with Gasteiger partial charge in [0.25, 0.3) is 0 Å². The summed E-state index contributed by atoms with van der Waals surface area (Å²) in [6.07, 6.45) is 5.44. The molecule has 2 N–H and O–H groups in total. The number of phenols is 2. The van der Waals surface area contributed by atoms with Crippen molar-refractivity contribution in [2.75, 3.05) is 14.2 Å². The van der Waals surface area contributed by atoms with E-state index in [1.54, 1.807) is 36.4 Å². The molecule has 0 aromatic heterocycles. The van der Waals surface area contributed by atoms with Gasteiger partial charge in [0.15, 0.2) is 34.6 Å². The summed E-state index contributed by atoms with van der Waals surface area (Å²) in [7, 11) is 2.87. The minimum absolute atomic E-state index is 0. The maximum absolute atomic E-state index is 11.9. The lowest BCUT2D eigenvalue weighted by Crippen LogP contribution is -2.01. The zero-order chi connectivity index (χ0) is 19.8. The number of ether oxygens (including phenoxy) is 2. The van der Waals surface area contributed by atoms with E-state index >= 15 is 0 Å². The van der Waals surface area contributed by atoms with Gasteiger partial charge >= 0.3 is 0 Å². The number of aromatic hydroxyl groups is 2. The molecule has 2 aromatic carbocycles. The van der Waals surface area contributed by atoms with Crippen molar-refractivity contribution in [2.24, 2.45) is 0 Å². The quantitative estimate of drug-likeness (QED) is 0.386. The van der Waals surface area contributed by atoms with Gasteiger partial charge in [-0.15, -0.1) is 0 Å². The van der Waals surface area contributed by atoms with Crippen LogP contribution < -0.4 is 9.47 Å². The molecule has 30 heavy (non-hydrogen) atoms. The van der Waals surface area contributed by atoms with Crippen LogP contribution in [0.3, 0.4) is 0 Å². The van der Waals surface area contributed by atoms with Crippen LogP contribution in [-0.4, -0.2) is 44.4 Å². The van der Waals surface area contributed by atoms with E-state index in [4.69, 9.17) is 9.47 Å². The van der Waals surface area contributed by atoms with Crippen LogP contribution in [0.5, 0.6) is 23.0 Å². The molecule has 6 nitrogen and oxygen atoms in total. The standard InChI is InChI=1S/C21H20O6.BH3.2FH/c1-26-20-11-14(5-9-18(20)24)3-7-16(22)13-17(23)8-4-15-6-10-19(25)21(12-15)27-2;;;/h3-12,24-25H,13H2,1-2H3;1H3;2*1H/b7-3+,8-4+;;;. The first-order chi connectivity index (χ1) is 12.9. The summed E-state index contributed by atoms with van der Waals surface area (Å²) in [5.41, 5.74) is 1.33. The van der Waals surface area contributed by atoms with Gasteiger partial charge in [-0.05, 0) is 47.5 Å². The summed E-state index contributed by atoms with van der Waals surface area (Å²) in [6, 6.07) is 9.34. The highest BCUT2D eigenvalue weighted by molar-refractivity contribution is 6.10. The zero-order valence-corrected chi connectivity index (χ0v) is 15.8. The van der Waals surface area contributed by atoms with Crippen molar-refractivity contribution in [3.8, 4) is 23.0 Å². The lowest BCUT2D eigenvalue weighted by atomic mass is 10.1. The van der Waals surface area contributed by atoms with Gasteiger partial charge in [-0.2, -0.15) is 0 Å². The molecule has 2 rings (SSSR count). The Bertz CT molecular complexity index is 839. The molecule has 0 saturated heterocycles. The smallest absolute Gasteiger partial charge is 0.163 e. The van der Waals surface area contributed by atoms with E-state index in [2.05, 4.69) is 0 Å². The molecule has 9 heteroatoms. The van der Waals surface area contributed by atoms with E-state index in [9.17, 15) is 19.8 Å². The number of allylic oxidation sites excluding steroid dienone is 2. The number of ketones is 2. The maximum atomic E-state index is 11.9. The Morgan fingerprint density at radius 1 is 0.800 bits per heavy atom. The number of carbonyl (C=O) groups excluding carboxylic acids is 2. The summed E-state index contributed by atoms with van der Waals surface area (Å²) >= 11 is 0. The Labute approximate surface area is 174 Å². The van der Waals surface area contributed by atoms with E-state index in [1.165, 1.54) is 38.5 Å². The Hall–Kier alpha value is -3.62. The van der Waals surface area contributed by atoms with Gasteiger partial charge in [0.2, 0.25) is 0 Å². The number of halogens is 2. The molecule has 0 radical (unpaired) electrons. The maximum Gasteiger partial charge on any atom is 0.163 e. The highest BCUT2D eigenvalue weighted by Crippen LogP contribution is 2.27. The zero-order valence-electron chi connectivity index (χ0n) is 15.8. The average molecular weight is 422 g/mol. The van der Waals surface area contributed by atoms with E-state index in [0.29, 0.717) is 22.6 Å². The molecule has 0 amide bonds. The summed E-state index contributed by atoms with van der Waals surface area (Å²) in [5, 5.41) is 19.1. The molecule has 0 heterocycles. The topological polar surface area (TPSA) is 93.1 Å². The first kappa shape index (κ1) is 28.6. The number of carbonyl (C=O) groups is 2. The van der Waals surface area contributed by atoms with Crippen LogP contribution in [0.25, 0.3) is 12.2 Å². The molecule has 0 saturated carbocycles. The molecule has 0 aliphatic rings. The number of benzene rings is 2. The van der Waals surface area contributed by atoms with Crippen molar-refractivity contribution < 1.29 is 38.7 Å². The van der Waals surface area contributed by atoms with Crippen LogP contribution in [0.2, 0.25) is 0 Å². The third-order valence-corrected chi connectivity index (χ3v) is 3.68. The molecular formula is C21H25BF2O6. The lowest BCUT2D eigenvalue weighted by Gasteiger charge is -2.03. The van der Waals surface area contributed by atoms with Crippen molar-refractivity contribution in [3.05, 3.63) is 59.7 Å².